The summed E-state index contributed by atoms with van der Waals surface area (Å²) in [4.78, 5) is 0.133. The van der Waals surface area contributed by atoms with Crippen LogP contribution in [0.25, 0.3) is 0 Å². The molecular formula is C13H21FN2O2S. The molecule has 0 saturated carbocycles. The third-order valence-corrected chi connectivity index (χ3v) is 4.56. The number of sulfonamides is 1. The molecule has 0 fully saturated rings. The fourth-order valence-corrected chi connectivity index (χ4v) is 2.61. The molecule has 0 aliphatic rings. The summed E-state index contributed by atoms with van der Waals surface area (Å²) in [5, 5.41) is 0. The van der Waals surface area contributed by atoms with Crippen LogP contribution < -0.4 is 10.5 Å². The topological polar surface area (TPSA) is 72.2 Å². The van der Waals surface area contributed by atoms with E-state index in [1.807, 2.05) is 20.8 Å². The van der Waals surface area contributed by atoms with Crippen LogP contribution in [0.3, 0.4) is 0 Å². The lowest BCUT2D eigenvalue weighted by Crippen LogP contribution is -2.36. The molecule has 0 bridgehead atoms. The molecule has 0 amide bonds. The van der Waals surface area contributed by atoms with E-state index >= 15 is 0 Å². The first kappa shape index (κ1) is 15.9. The van der Waals surface area contributed by atoms with Crippen LogP contribution in [0.2, 0.25) is 0 Å². The van der Waals surface area contributed by atoms with E-state index in [0.717, 1.165) is 0 Å². The predicted octanol–water partition coefficient (Wildman–Crippen LogP) is 2.18. The van der Waals surface area contributed by atoms with E-state index in [1.165, 1.54) is 24.3 Å². The summed E-state index contributed by atoms with van der Waals surface area (Å²) in [5.74, 6) is -0.365. The summed E-state index contributed by atoms with van der Waals surface area (Å²) in [6.45, 7) is 5.17. The first-order valence-corrected chi connectivity index (χ1v) is 7.56. The third-order valence-electron chi connectivity index (χ3n) is 3.12. The van der Waals surface area contributed by atoms with Crippen LogP contribution in [0.15, 0.2) is 29.2 Å². The van der Waals surface area contributed by atoms with Crippen molar-refractivity contribution in [3.8, 4) is 0 Å². The highest BCUT2D eigenvalue weighted by atomic mass is 32.2. The number of anilines is 1. The molecule has 1 aromatic carbocycles. The monoisotopic (exact) mass is 288 g/mol. The van der Waals surface area contributed by atoms with Crippen molar-refractivity contribution in [2.75, 3.05) is 19.0 Å². The Balaban J connectivity index is 2.78. The molecule has 19 heavy (non-hydrogen) atoms. The quantitative estimate of drug-likeness (QED) is 0.816. The van der Waals surface area contributed by atoms with E-state index in [-0.39, 0.29) is 22.8 Å². The van der Waals surface area contributed by atoms with E-state index in [9.17, 15) is 12.8 Å². The number of hydrogen-bond donors (Lipinski definition) is 2. The molecule has 1 atom stereocenters. The molecule has 4 nitrogen and oxygen atoms in total. The van der Waals surface area contributed by atoms with Gasteiger partial charge in [0, 0.05) is 18.2 Å². The van der Waals surface area contributed by atoms with Crippen molar-refractivity contribution in [3.63, 3.8) is 0 Å². The average Bonchev–Trinajstić information content (AvgIpc) is 2.28. The van der Waals surface area contributed by atoms with Gasteiger partial charge in [-0.05, 0) is 29.7 Å². The predicted molar refractivity (Wildman–Crippen MR) is 75.0 cm³/mol. The zero-order chi connectivity index (χ0) is 14.7. The standard InChI is InChI=1S/C13H21FN2O2S/c1-13(2,3)10(8-14)9-16-19(17,18)12-6-4-11(15)5-7-12/h4-7,10,16H,8-9,15H2,1-3H3. The van der Waals surface area contributed by atoms with Crippen molar-refractivity contribution in [2.24, 2.45) is 11.3 Å². The Morgan fingerprint density at radius 1 is 1.26 bits per heavy atom. The summed E-state index contributed by atoms with van der Waals surface area (Å²) in [6.07, 6.45) is 0. The zero-order valence-corrected chi connectivity index (χ0v) is 12.3. The maximum atomic E-state index is 12.9. The Bertz CT molecular complexity index is 506. The number of rotatable bonds is 5. The lowest BCUT2D eigenvalue weighted by atomic mass is 9.82. The first-order chi connectivity index (χ1) is 8.66. The fraction of sp³-hybridized carbons (Fsp3) is 0.538. The summed E-state index contributed by atoms with van der Waals surface area (Å²) in [5.41, 5.74) is 5.71. The Morgan fingerprint density at radius 3 is 2.21 bits per heavy atom. The highest BCUT2D eigenvalue weighted by Crippen LogP contribution is 2.26. The van der Waals surface area contributed by atoms with Gasteiger partial charge < -0.3 is 5.73 Å². The number of alkyl halides is 1. The molecule has 6 heteroatoms. The molecule has 1 aromatic rings. The van der Waals surface area contributed by atoms with Gasteiger partial charge in [0.1, 0.15) is 0 Å². The summed E-state index contributed by atoms with van der Waals surface area (Å²) >= 11 is 0. The number of nitrogens with one attached hydrogen (secondary N) is 1. The minimum atomic E-state index is -3.61. The first-order valence-electron chi connectivity index (χ1n) is 6.08. The molecule has 0 aliphatic heterocycles. The van der Waals surface area contributed by atoms with Gasteiger partial charge in [0.05, 0.1) is 11.6 Å². The zero-order valence-electron chi connectivity index (χ0n) is 11.5. The Kier molecular flexibility index (Phi) is 4.92. The minimum Gasteiger partial charge on any atom is -0.399 e. The van der Waals surface area contributed by atoms with Gasteiger partial charge in [-0.25, -0.2) is 13.1 Å². The van der Waals surface area contributed by atoms with Crippen LogP contribution in [0.4, 0.5) is 10.1 Å². The molecule has 108 valence electrons. The highest BCUT2D eigenvalue weighted by Gasteiger charge is 2.26. The van der Waals surface area contributed by atoms with E-state index in [4.69, 9.17) is 5.73 Å². The van der Waals surface area contributed by atoms with Crippen molar-refractivity contribution in [2.45, 2.75) is 25.7 Å². The molecule has 1 rings (SSSR count). The van der Waals surface area contributed by atoms with Crippen LogP contribution in [0.1, 0.15) is 20.8 Å². The highest BCUT2D eigenvalue weighted by molar-refractivity contribution is 7.89. The van der Waals surface area contributed by atoms with Gasteiger partial charge in [0.15, 0.2) is 0 Å². The van der Waals surface area contributed by atoms with Crippen molar-refractivity contribution < 1.29 is 12.8 Å². The number of nitrogens with two attached hydrogens (primary N) is 1. The third kappa shape index (κ3) is 4.47. The Hall–Kier alpha value is -1.14. The summed E-state index contributed by atoms with van der Waals surface area (Å²) < 4.78 is 39.4. The van der Waals surface area contributed by atoms with E-state index in [2.05, 4.69) is 4.72 Å². The van der Waals surface area contributed by atoms with Crippen LogP contribution in [-0.2, 0) is 10.0 Å². The average molecular weight is 288 g/mol. The molecule has 3 N–H and O–H groups in total. The number of benzene rings is 1. The Labute approximate surface area is 114 Å². The number of hydrogen-bond acceptors (Lipinski definition) is 3. The van der Waals surface area contributed by atoms with Gasteiger partial charge in [0.25, 0.3) is 0 Å². The van der Waals surface area contributed by atoms with Crippen LogP contribution >= 0.6 is 0 Å². The van der Waals surface area contributed by atoms with Crippen molar-refractivity contribution in [1.29, 1.82) is 0 Å². The maximum Gasteiger partial charge on any atom is 0.240 e. The molecule has 0 aliphatic carbocycles. The molecule has 0 spiro atoms. The normalized spacial score (nSPS) is 14.3. The van der Waals surface area contributed by atoms with Crippen molar-refractivity contribution >= 4 is 15.7 Å². The number of nitrogen functional groups attached to an aromatic ring is 1. The SMILES string of the molecule is CC(C)(C)C(CF)CNS(=O)(=O)c1ccc(N)cc1. The smallest absolute Gasteiger partial charge is 0.240 e. The molecule has 0 radical (unpaired) electrons. The van der Waals surface area contributed by atoms with Gasteiger partial charge in [-0.3, -0.25) is 4.39 Å². The molecular weight excluding hydrogens is 267 g/mol. The molecule has 0 saturated heterocycles. The van der Waals surface area contributed by atoms with Crippen LogP contribution in [0.5, 0.6) is 0 Å². The minimum absolute atomic E-state index is 0.0761. The summed E-state index contributed by atoms with van der Waals surface area (Å²) in [6, 6.07) is 5.90. The summed E-state index contributed by atoms with van der Waals surface area (Å²) in [7, 11) is -3.61. The van der Waals surface area contributed by atoms with Gasteiger partial charge in [-0.1, -0.05) is 20.8 Å². The van der Waals surface area contributed by atoms with Crippen LogP contribution in [0, 0.1) is 11.3 Å². The van der Waals surface area contributed by atoms with Crippen LogP contribution in [-0.4, -0.2) is 21.6 Å². The molecule has 0 heterocycles. The Morgan fingerprint density at radius 2 is 1.79 bits per heavy atom. The number of halogens is 1. The van der Waals surface area contributed by atoms with E-state index < -0.39 is 16.7 Å². The van der Waals surface area contributed by atoms with Crippen molar-refractivity contribution in [1.82, 2.24) is 4.72 Å². The molecule has 0 aromatic heterocycles. The fourth-order valence-electron chi connectivity index (χ4n) is 1.53. The molecule has 1 unspecified atom stereocenters. The largest absolute Gasteiger partial charge is 0.399 e. The maximum absolute atomic E-state index is 12.9. The van der Waals surface area contributed by atoms with Gasteiger partial charge in [-0.2, -0.15) is 0 Å². The second-order valence-electron chi connectivity index (χ2n) is 5.64. The second kappa shape index (κ2) is 5.88. The van der Waals surface area contributed by atoms with Gasteiger partial charge in [0.2, 0.25) is 10.0 Å². The van der Waals surface area contributed by atoms with Gasteiger partial charge >= 0.3 is 0 Å². The van der Waals surface area contributed by atoms with E-state index in [0.29, 0.717) is 5.69 Å². The van der Waals surface area contributed by atoms with E-state index in [1.54, 1.807) is 0 Å². The second-order valence-corrected chi connectivity index (χ2v) is 7.41. The van der Waals surface area contributed by atoms with Gasteiger partial charge in [-0.15, -0.1) is 0 Å². The lowest BCUT2D eigenvalue weighted by molar-refractivity contribution is 0.193. The lowest BCUT2D eigenvalue weighted by Gasteiger charge is -2.28. The van der Waals surface area contributed by atoms with Crippen molar-refractivity contribution in [3.05, 3.63) is 24.3 Å².